The molecule has 4 nitrogen and oxygen atoms in total. The van der Waals surface area contributed by atoms with E-state index in [9.17, 15) is 0 Å². The second kappa shape index (κ2) is 5.22. The molecule has 0 aromatic carbocycles. The number of ether oxygens (including phenoxy) is 1. The Morgan fingerprint density at radius 1 is 1.11 bits per heavy atom. The maximum absolute atomic E-state index is 5.71. The fourth-order valence-electron chi connectivity index (χ4n) is 2.92. The highest BCUT2D eigenvalue weighted by Crippen LogP contribution is 2.30. The molecule has 0 spiro atoms. The molecular weight excluding hydrogens is 226 g/mol. The highest BCUT2D eigenvalue weighted by molar-refractivity contribution is 5.47. The molecule has 2 aliphatic rings. The van der Waals surface area contributed by atoms with E-state index in [0.29, 0.717) is 0 Å². The first-order valence-electron chi connectivity index (χ1n) is 7.07. The largest absolute Gasteiger partial charge is 0.373 e. The van der Waals surface area contributed by atoms with Crippen molar-refractivity contribution in [3.05, 3.63) is 17.1 Å². The van der Waals surface area contributed by atoms with Crippen LogP contribution >= 0.6 is 0 Å². The van der Waals surface area contributed by atoms with Gasteiger partial charge in [0, 0.05) is 24.9 Å². The van der Waals surface area contributed by atoms with Gasteiger partial charge in [0.2, 0.25) is 0 Å². The zero-order valence-corrected chi connectivity index (χ0v) is 11.0. The van der Waals surface area contributed by atoms with Crippen molar-refractivity contribution < 1.29 is 4.74 Å². The van der Waals surface area contributed by atoms with Crippen molar-refractivity contribution in [2.24, 2.45) is 0 Å². The van der Waals surface area contributed by atoms with Crippen LogP contribution in [0.25, 0.3) is 0 Å². The Kier molecular flexibility index (Phi) is 3.46. The van der Waals surface area contributed by atoms with E-state index in [1.54, 1.807) is 0 Å². The standard InChI is InChI=1S/C14H21N3O/c1-15-13-10-6-3-2-4-7-11(10)16-14(17-13)12-8-5-9-18-12/h12H,2-9H2,1H3,(H,15,16,17). The number of hydrogen-bond acceptors (Lipinski definition) is 4. The molecule has 1 atom stereocenters. The molecule has 1 aliphatic carbocycles. The molecule has 1 aliphatic heterocycles. The summed E-state index contributed by atoms with van der Waals surface area (Å²) in [7, 11) is 1.95. The molecule has 3 rings (SSSR count). The Hall–Kier alpha value is -1.16. The highest BCUT2D eigenvalue weighted by atomic mass is 16.5. The summed E-state index contributed by atoms with van der Waals surface area (Å²) in [6.45, 7) is 0.847. The van der Waals surface area contributed by atoms with Gasteiger partial charge in [-0.3, -0.25) is 0 Å². The number of aryl methyl sites for hydroxylation is 1. The molecule has 18 heavy (non-hydrogen) atoms. The lowest BCUT2D eigenvalue weighted by atomic mass is 10.1. The molecule has 1 fully saturated rings. The molecule has 0 bridgehead atoms. The zero-order chi connectivity index (χ0) is 12.4. The Balaban J connectivity index is 1.98. The lowest BCUT2D eigenvalue weighted by Crippen LogP contribution is -2.11. The molecule has 0 amide bonds. The predicted molar refractivity (Wildman–Crippen MR) is 70.8 cm³/mol. The lowest BCUT2D eigenvalue weighted by Gasteiger charge is -2.15. The van der Waals surface area contributed by atoms with Crippen LogP contribution in [-0.4, -0.2) is 23.6 Å². The van der Waals surface area contributed by atoms with Crippen molar-refractivity contribution in [3.63, 3.8) is 0 Å². The first kappa shape index (κ1) is 11.9. The number of fused-ring (bicyclic) bond motifs is 1. The fraction of sp³-hybridized carbons (Fsp3) is 0.714. The van der Waals surface area contributed by atoms with Crippen LogP contribution in [0.3, 0.4) is 0 Å². The average molecular weight is 247 g/mol. The van der Waals surface area contributed by atoms with E-state index >= 15 is 0 Å². The van der Waals surface area contributed by atoms with Crippen LogP contribution in [0.2, 0.25) is 0 Å². The first-order chi connectivity index (χ1) is 8.88. The smallest absolute Gasteiger partial charge is 0.159 e. The van der Waals surface area contributed by atoms with Gasteiger partial charge in [0.05, 0.1) is 0 Å². The van der Waals surface area contributed by atoms with E-state index in [1.807, 2.05) is 7.05 Å². The van der Waals surface area contributed by atoms with E-state index in [0.717, 1.165) is 43.9 Å². The number of hydrogen-bond donors (Lipinski definition) is 1. The van der Waals surface area contributed by atoms with Crippen LogP contribution in [0.15, 0.2) is 0 Å². The van der Waals surface area contributed by atoms with E-state index in [-0.39, 0.29) is 6.10 Å². The highest BCUT2D eigenvalue weighted by Gasteiger charge is 2.24. The third kappa shape index (κ3) is 2.21. The topological polar surface area (TPSA) is 47.0 Å². The summed E-state index contributed by atoms with van der Waals surface area (Å²) in [6.07, 6.45) is 8.30. The minimum absolute atomic E-state index is 0.116. The summed E-state index contributed by atoms with van der Waals surface area (Å²) < 4.78 is 5.71. The van der Waals surface area contributed by atoms with Gasteiger partial charge in [-0.1, -0.05) is 6.42 Å². The average Bonchev–Trinajstić information content (AvgIpc) is 2.83. The number of nitrogens with zero attached hydrogens (tertiary/aromatic N) is 2. The van der Waals surface area contributed by atoms with Crippen LogP contribution in [-0.2, 0) is 17.6 Å². The van der Waals surface area contributed by atoms with Gasteiger partial charge >= 0.3 is 0 Å². The van der Waals surface area contributed by atoms with E-state index in [1.165, 1.54) is 30.5 Å². The zero-order valence-electron chi connectivity index (χ0n) is 11.0. The molecule has 2 heterocycles. The second-order valence-corrected chi connectivity index (χ2v) is 5.17. The molecule has 0 radical (unpaired) electrons. The fourth-order valence-corrected chi connectivity index (χ4v) is 2.92. The van der Waals surface area contributed by atoms with E-state index < -0.39 is 0 Å². The lowest BCUT2D eigenvalue weighted by molar-refractivity contribution is 0.105. The number of nitrogens with one attached hydrogen (secondary N) is 1. The van der Waals surface area contributed by atoms with Crippen molar-refractivity contribution >= 4 is 5.82 Å². The minimum atomic E-state index is 0.116. The molecule has 1 unspecified atom stereocenters. The van der Waals surface area contributed by atoms with Crippen molar-refractivity contribution in [1.29, 1.82) is 0 Å². The molecule has 0 saturated carbocycles. The second-order valence-electron chi connectivity index (χ2n) is 5.17. The van der Waals surface area contributed by atoms with Crippen molar-refractivity contribution in [2.75, 3.05) is 19.0 Å². The van der Waals surface area contributed by atoms with Gasteiger partial charge in [0.25, 0.3) is 0 Å². The molecular formula is C14H21N3O. The minimum Gasteiger partial charge on any atom is -0.373 e. The third-order valence-electron chi connectivity index (χ3n) is 3.90. The quantitative estimate of drug-likeness (QED) is 0.816. The maximum Gasteiger partial charge on any atom is 0.159 e. The van der Waals surface area contributed by atoms with Crippen LogP contribution in [0.1, 0.15) is 55.3 Å². The first-order valence-corrected chi connectivity index (χ1v) is 7.07. The molecule has 1 aromatic rings. The van der Waals surface area contributed by atoms with Gasteiger partial charge in [-0.05, 0) is 38.5 Å². The van der Waals surface area contributed by atoms with E-state index in [2.05, 4.69) is 10.3 Å². The number of rotatable bonds is 2. The van der Waals surface area contributed by atoms with Gasteiger partial charge in [0.15, 0.2) is 5.82 Å². The van der Waals surface area contributed by atoms with Gasteiger partial charge < -0.3 is 10.1 Å². The molecule has 1 aromatic heterocycles. The normalized spacial score (nSPS) is 23.5. The van der Waals surface area contributed by atoms with Gasteiger partial charge in [-0.25, -0.2) is 9.97 Å². The Labute approximate surface area is 108 Å². The summed E-state index contributed by atoms with van der Waals surface area (Å²) >= 11 is 0. The molecule has 98 valence electrons. The number of anilines is 1. The van der Waals surface area contributed by atoms with Crippen molar-refractivity contribution in [3.8, 4) is 0 Å². The van der Waals surface area contributed by atoms with Crippen molar-refractivity contribution in [2.45, 2.75) is 51.0 Å². The van der Waals surface area contributed by atoms with Gasteiger partial charge in [-0.2, -0.15) is 0 Å². The molecule has 1 saturated heterocycles. The van der Waals surface area contributed by atoms with Crippen LogP contribution in [0.4, 0.5) is 5.82 Å². The summed E-state index contributed by atoms with van der Waals surface area (Å²) in [5, 5.41) is 3.24. The SMILES string of the molecule is CNc1nc(C2CCCO2)nc2c1CCCCC2. The van der Waals surface area contributed by atoms with Crippen LogP contribution in [0, 0.1) is 0 Å². The summed E-state index contributed by atoms with van der Waals surface area (Å²) in [4.78, 5) is 9.47. The number of aromatic nitrogens is 2. The molecule has 1 N–H and O–H groups in total. The van der Waals surface area contributed by atoms with Gasteiger partial charge in [0.1, 0.15) is 11.9 Å². The third-order valence-corrected chi connectivity index (χ3v) is 3.90. The summed E-state index contributed by atoms with van der Waals surface area (Å²) in [5.41, 5.74) is 2.58. The monoisotopic (exact) mass is 247 g/mol. The van der Waals surface area contributed by atoms with Gasteiger partial charge in [-0.15, -0.1) is 0 Å². The maximum atomic E-state index is 5.71. The summed E-state index contributed by atoms with van der Waals surface area (Å²) in [5.74, 6) is 1.91. The Morgan fingerprint density at radius 2 is 2.00 bits per heavy atom. The van der Waals surface area contributed by atoms with Crippen LogP contribution in [0.5, 0.6) is 0 Å². The Bertz CT molecular complexity index is 427. The predicted octanol–water partition coefficient (Wildman–Crippen LogP) is 2.64. The Morgan fingerprint density at radius 3 is 2.78 bits per heavy atom. The van der Waals surface area contributed by atoms with Crippen LogP contribution < -0.4 is 5.32 Å². The van der Waals surface area contributed by atoms with Crippen molar-refractivity contribution in [1.82, 2.24) is 9.97 Å². The van der Waals surface area contributed by atoms with E-state index in [4.69, 9.17) is 9.72 Å². The summed E-state index contributed by atoms with van der Waals surface area (Å²) in [6, 6.07) is 0. The molecule has 4 heteroatoms.